The molecule has 15 nitrogen and oxygen atoms in total. The van der Waals surface area contributed by atoms with Crippen LogP contribution in [0.4, 0.5) is 17.1 Å². The van der Waals surface area contributed by atoms with Gasteiger partial charge in [0.2, 0.25) is 11.3 Å². The van der Waals surface area contributed by atoms with Crippen molar-refractivity contribution in [2.24, 2.45) is 0 Å². The Morgan fingerprint density at radius 1 is 0.867 bits per heavy atom. The van der Waals surface area contributed by atoms with Crippen LogP contribution in [0.3, 0.4) is 0 Å². The summed E-state index contributed by atoms with van der Waals surface area (Å²) in [5, 5.41) is 37.7. The molecule has 1 aliphatic carbocycles. The summed E-state index contributed by atoms with van der Waals surface area (Å²) in [6.45, 7) is 4.50. The van der Waals surface area contributed by atoms with Crippen LogP contribution >= 0.6 is 0 Å². The molecular formula is C30H30N4O11. The largest absolute Gasteiger partial charge is 0.460 e. The standard InChI is InChI=1S/C30H30N4O11/c1-30(2,3)45-29(36)26-24(33(39)40)14-15-25(27(26)34(41)42)44-22-12-6-18(7-13-22)16-23(31-20-8-9-20)28(35)43-17-19-4-10-21(11-5-19)32(37)38/h4-7,10-15,20,23,31H,8-9,16-17H2,1-3H3/t23-/m0/s1. The van der Waals surface area contributed by atoms with Crippen LogP contribution in [0.1, 0.15) is 55.1 Å². The van der Waals surface area contributed by atoms with E-state index in [1.807, 2.05) is 0 Å². The summed E-state index contributed by atoms with van der Waals surface area (Å²) in [7, 11) is 0. The van der Waals surface area contributed by atoms with E-state index < -0.39 is 61.0 Å². The van der Waals surface area contributed by atoms with Gasteiger partial charge in [0.05, 0.1) is 14.8 Å². The van der Waals surface area contributed by atoms with Gasteiger partial charge in [-0.25, -0.2) is 4.79 Å². The van der Waals surface area contributed by atoms with Crippen molar-refractivity contribution in [2.45, 2.75) is 64.3 Å². The minimum Gasteiger partial charge on any atom is -0.460 e. The highest BCUT2D eigenvalue weighted by Crippen LogP contribution is 2.40. The number of nitrogens with zero attached hydrogens (tertiary/aromatic N) is 3. The van der Waals surface area contributed by atoms with Crippen LogP contribution in [0.25, 0.3) is 0 Å². The van der Waals surface area contributed by atoms with Crippen molar-refractivity contribution in [3.05, 3.63) is 108 Å². The first-order valence-electron chi connectivity index (χ1n) is 13.8. The summed E-state index contributed by atoms with van der Waals surface area (Å²) in [5.74, 6) is -2.01. The molecule has 0 amide bonds. The van der Waals surface area contributed by atoms with Crippen LogP contribution < -0.4 is 10.1 Å². The highest BCUT2D eigenvalue weighted by molar-refractivity contribution is 6.00. The number of nitro groups is 3. The lowest BCUT2D eigenvalue weighted by Crippen LogP contribution is -2.41. The summed E-state index contributed by atoms with van der Waals surface area (Å²) in [6.07, 6.45) is 2.08. The van der Waals surface area contributed by atoms with Crippen molar-refractivity contribution < 1.29 is 38.6 Å². The molecule has 3 aromatic rings. The summed E-state index contributed by atoms with van der Waals surface area (Å²) in [6, 6.07) is 13.4. The first-order chi connectivity index (χ1) is 21.2. The second-order valence-electron chi connectivity index (χ2n) is 11.3. The minimum atomic E-state index is -1.24. The topological polar surface area (TPSA) is 203 Å². The van der Waals surface area contributed by atoms with E-state index in [9.17, 15) is 39.9 Å². The number of rotatable bonds is 13. The third-order valence-electron chi connectivity index (χ3n) is 6.52. The molecule has 1 aliphatic rings. The number of nitrogens with one attached hydrogen (secondary N) is 1. The van der Waals surface area contributed by atoms with E-state index in [-0.39, 0.29) is 30.5 Å². The fraction of sp³-hybridized carbons (Fsp3) is 0.333. The van der Waals surface area contributed by atoms with Crippen molar-refractivity contribution in [3.8, 4) is 11.5 Å². The maximum atomic E-state index is 13.0. The zero-order chi connectivity index (χ0) is 32.9. The molecule has 1 atom stereocenters. The molecule has 0 saturated heterocycles. The van der Waals surface area contributed by atoms with Gasteiger partial charge in [-0.1, -0.05) is 12.1 Å². The van der Waals surface area contributed by atoms with Gasteiger partial charge in [-0.15, -0.1) is 0 Å². The molecule has 1 saturated carbocycles. The molecule has 0 unspecified atom stereocenters. The van der Waals surface area contributed by atoms with Crippen LogP contribution in [0.5, 0.6) is 11.5 Å². The minimum absolute atomic E-state index is 0.0637. The van der Waals surface area contributed by atoms with Gasteiger partial charge in [0, 0.05) is 24.2 Å². The number of non-ortho nitro benzene ring substituents is 1. The second-order valence-corrected chi connectivity index (χ2v) is 11.3. The molecule has 45 heavy (non-hydrogen) atoms. The van der Waals surface area contributed by atoms with Gasteiger partial charge in [0.15, 0.2) is 0 Å². The third-order valence-corrected chi connectivity index (χ3v) is 6.52. The Hall–Kier alpha value is -5.44. The number of esters is 2. The number of hydrogen-bond acceptors (Lipinski definition) is 12. The van der Waals surface area contributed by atoms with Crippen LogP contribution in [-0.2, 0) is 27.3 Å². The van der Waals surface area contributed by atoms with Crippen LogP contribution in [0.2, 0.25) is 0 Å². The van der Waals surface area contributed by atoms with E-state index >= 15 is 0 Å². The SMILES string of the molecule is CC(C)(C)OC(=O)c1c([N+](=O)[O-])ccc(Oc2ccc(C[C@H](NC3CC3)C(=O)OCc3ccc([N+](=O)[O-])cc3)cc2)c1[N+](=O)[O-]. The number of carbonyl (C=O) groups excluding carboxylic acids is 2. The lowest BCUT2D eigenvalue weighted by Gasteiger charge is -2.19. The van der Waals surface area contributed by atoms with Crippen LogP contribution in [-0.4, -0.2) is 44.4 Å². The number of ether oxygens (including phenoxy) is 3. The van der Waals surface area contributed by atoms with Crippen LogP contribution in [0.15, 0.2) is 60.7 Å². The fourth-order valence-corrected chi connectivity index (χ4v) is 4.28. The third kappa shape index (κ3) is 8.79. The van der Waals surface area contributed by atoms with Gasteiger partial charge in [0.1, 0.15) is 24.0 Å². The van der Waals surface area contributed by atoms with Gasteiger partial charge in [-0.05, 0) is 81.5 Å². The van der Waals surface area contributed by atoms with Gasteiger partial charge in [0.25, 0.3) is 11.4 Å². The van der Waals surface area contributed by atoms with Gasteiger partial charge in [-0.3, -0.25) is 35.1 Å². The van der Waals surface area contributed by atoms with Crippen molar-refractivity contribution in [1.29, 1.82) is 0 Å². The Kier molecular flexibility index (Phi) is 9.72. The van der Waals surface area contributed by atoms with Crippen LogP contribution in [0, 0.1) is 30.3 Å². The summed E-state index contributed by atoms with van der Waals surface area (Å²) >= 11 is 0. The Morgan fingerprint density at radius 2 is 1.49 bits per heavy atom. The van der Waals surface area contributed by atoms with E-state index in [1.54, 1.807) is 12.1 Å². The maximum absolute atomic E-state index is 13.0. The zero-order valence-electron chi connectivity index (χ0n) is 24.6. The first-order valence-corrected chi connectivity index (χ1v) is 13.8. The summed E-state index contributed by atoms with van der Waals surface area (Å²) in [4.78, 5) is 57.9. The monoisotopic (exact) mass is 622 g/mol. The molecule has 236 valence electrons. The molecule has 4 rings (SSSR count). The van der Waals surface area contributed by atoms with E-state index in [0.29, 0.717) is 11.1 Å². The van der Waals surface area contributed by atoms with E-state index in [4.69, 9.17) is 14.2 Å². The molecule has 0 aromatic heterocycles. The van der Waals surface area contributed by atoms with Gasteiger partial charge >= 0.3 is 17.6 Å². The quantitative estimate of drug-likeness (QED) is 0.141. The van der Waals surface area contributed by atoms with Crippen molar-refractivity contribution >= 4 is 29.0 Å². The summed E-state index contributed by atoms with van der Waals surface area (Å²) in [5.41, 5.74) is -2.39. The Morgan fingerprint density at radius 3 is 2.02 bits per heavy atom. The maximum Gasteiger partial charge on any atom is 0.353 e. The highest BCUT2D eigenvalue weighted by atomic mass is 16.6. The Bertz CT molecular complexity index is 1610. The average molecular weight is 623 g/mol. The number of hydrogen-bond donors (Lipinski definition) is 1. The predicted molar refractivity (Wildman–Crippen MR) is 158 cm³/mol. The smallest absolute Gasteiger partial charge is 0.353 e. The average Bonchev–Trinajstić information content (AvgIpc) is 3.79. The molecule has 0 spiro atoms. The zero-order valence-corrected chi connectivity index (χ0v) is 24.6. The fourth-order valence-electron chi connectivity index (χ4n) is 4.28. The van der Waals surface area contributed by atoms with E-state index in [2.05, 4.69) is 5.32 Å². The Labute approximate surface area is 256 Å². The lowest BCUT2D eigenvalue weighted by molar-refractivity contribution is -0.395. The van der Waals surface area contributed by atoms with E-state index in [0.717, 1.165) is 25.0 Å². The molecule has 0 bridgehead atoms. The molecule has 0 aliphatic heterocycles. The number of carbonyl (C=O) groups is 2. The molecule has 15 heteroatoms. The van der Waals surface area contributed by atoms with E-state index in [1.165, 1.54) is 57.2 Å². The highest BCUT2D eigenvalue weighted by Gasteiger charge is 2.38. The molecule has 3 aromatic carbocycles. The molecular weight excluding hydrogens is 592 g/mol. The normalized spacial score (nSPS) is 13.4. The first kappa shape index (κ1) is 32.5. The molecule has 1 N–H and O–H groups in total. The lowest BCUT2D eigenvalue weighted by atomic mass is 10.1. The molecule has 0 heterocycles. The Balaban J connectivity index is 1.49. The second kappa shape index (κ2) is 13.5. The summed E-state index contributed by atoms with van der Waals surface area (Å²) < 4.78 is 16.4. The van der Waals surface area contributed by atoms with Gasteiger partial charge in [-0.2, -0.15) is 0 Å². The van der Waals surface area contributed by atoms with Crippen molar-refractivity contribution in [3.63, 3.8) is 0 Å². The number of nitro benzene ring substituents is 3. The number of benzene rings is 3. The molecule has 1 fully saturated rings. The molecule has 0 radical (unpaired) electrons. The van der Waals surface area contributed by atoms with Crippen molar-refractivity contribution in [1.82, 2.24) is 5.32 Å². The predicted octanol–water partition coefficient (Wildman–Crippen LogP) is 5.57. The van der Waals surface area contributed by atoms with Gasteiger partial charge < -0.3 is 19.5 Å². The van der Waals surface area contributed by atoms with Crippen molar-refractivity contribution in [2.75, 3.05) is 0 Å².